The molecule has 1 aromatic carbocycles. The third-order valence-electron chi connectivity index (χ3n) is 7.93. The zero-order chi connectivity index (χ0) is 19.4. The van der Waals surface area contributed by atoms with E-state index in [0.29, 0.717) is 17.9 Å². The van der Waals surface area contributed by atoms with Gasteiger partial charge in [0.2, 0.25) is 0 Å². The smallest absolute Gasteiger partial charge is 0.308 e. The number of rotatable bonds is 3. The maximum absolute atomic E-state index is 12.7. The second-order valence-electron chi connectivity index (χ2n) is 8.57. The number of allylic oxidation sites excluding steroid dienone is 1. The quantitative estimate of drug-likeness (QED) is 0.773. The van der Waals surface area contributed by atoms with E-state index in [-0.39, 0.29) is 18.2 Å². The van der Waals surface area contributed by atoms with Gasteiger partial charge in [-0.2, -0.15) is 0 Å². The van der Waals surface area contributed by atoms with Crippen LogP contribution in [0, 0.1) is 11.8 Å². The highest BCUT2D eigenvalue weighted by molar-refractivity contribution is 5.82. The predicted molar refractivity (Wildman–Crippen MR) is 101 cm³/mol. The van der Waals surface area contributed by atoms with Crippen LogP contribution in [0.1, 0.15) is 25.3 Å². The van der Waals surface area contributed by atoms with Crippen molar-refractivity contribution in [2.45, 2.75) is 43.2 Å². The molecule has 1 saturated carbocycles. The van der Waals surface area contributed by atoms with Gasteiger partial charge in [0.25, 0.3) is 0 Å². The molecule has 1 aromatic rings. The molecule has 6 atom stereocenters. The Morgan fingerprint density at radius 2 is 2.21 bits per heavy atom. The van der Waals surface area contributed by atoms with Gasteiger partial charge in [0.05, 0.1) is 37.3 Å². The number of methoxy groups -OCH3 is 2. The van der Waals surface area contributed by atoms with E-state index in [0.717, 1.165) is 24.2 Å². The normalized spacial score (nSPS) is 43.0. The van der Waals surface area contributed by atoms with Crippen molar-refractivity contribution in [1.29, 1.82) is 0 Å². The summed E-state index contributed by atoms with van der Waals surface area (Å²) in [5.74, 6) is 0.0678. The Morgan fingerprint density at radius 1 is 1.39 bits per heavy atom. The molecule has 1 spiro atoms. The van der Waals surface area contributed by atoms with Crippen molar-refractivity contribution in [3.05, 3.63) is 29.3 Å². The average Bonchev–Trinajstić information content (AvgIpc) is 3.28. The number of carboxylic acids is 1. The molecular formula is C21H24N2O5. The first-order chi connectivity index (χ1) is 13.5. The van der Waals surface area contributed by atoms with E-state index >= 15 is 0 Å². The van der Waals surface area contributed by atoms with Gasteiger partial charge in [0, 0.05) is 19.0 Å². The minimum Gasteiger partial charge on any atom is -0.497 e. The molecule has 4 heterocycles. The van der Waals surface area contributed by atoms with E-state index in [9.17, 15) is 9.90 Å². The number of ether oxygens (including phenoxy) is 3. The fourth-order valence-electron chi connectivity index (χ4n) is 6.99. The molecule has 28 heavy (non-hydrogen) atoms. The minimum absolute atomic E-state index is 0.0180. The van der Waals surface area contributed by atoms with Crippen molar-refractivity contribution in [3.63, 3.8) is 0 Å². The number of nitrogens with one attached hydrogen (secondary N) is 1. The molecule has 6 unspecified atom stereocenters. The van der Waals surface area contributed by atoms with Crippen LogP contribution in [0.4, 0.5) is 5.69 Å². The van der Waals surface area contributed by atoms with E-state index in [1.54, 1.807) is 14.2 Å². The molecule has 5 aliphatic rings. The third kappa shape index (κ3) is 1.53. The summed E-state index contributed by atoms with van der Waals surface area (Å²) in [6.45, 7) is 2.81. The predicted octanol–water partition coefficient (Wildman–Crippen LogP) is 2.17. The highest BCUT2D eigenvalue weighted by atomic mass is 16.6. The number of fused-ring (bicyclic) bond motifs is 4. The Hall–Kier alpha value is -2.25. The lowest BCUT2D eigenvalue weighted by Crippen LogP contribution is -2.73. The summed E-state index contributed by atoms with van der Waals surface area (Å²) in [5, 5.41) is 14.1. The van der Waals surface area contributed by atoms with Crippen LogP contribution in [0.5, 0.6) is 11.5 Å². The third-order valence-corrected chi connectivity index (χ3v) is 7.93. The van der Waals surface area contributed by atoms with E-state index in [1.807, 2.05) is 19.1 Å². The van der Waals surface area contributed by atoms with E-state index in [1.165, 1.54) is 5.57 Å². The standard InChI is InChI=1S/C21H24N2O5/c1-4-10-9-23-15-7-12(10)17(19(24)25)20-8-16(23)28-21(15,20)22-18-13(20)5-11(26-2)6-14(18)27-3/h4-6,12,15-17,22H,7-9H2,1-3H3,(H,24,25). The van der Waals surface area contributed by atoms with Crippen LogP contribution in [0.2, 0.25) is 0 Å². The number of carboxylic acid groups (broad SMARTS) is 1. The van der Waals surface area contributed by atoms with Crippen molar-refractivity contribution in [2.75, 3.05) is 26.1 Å². The Balaban J connectivity index is 1.67. The van der Waals surface area contributed by atoms with Crippen molar-refractivity contribution in [2.24, 2.45) is 11.8 Å². The monoisotopic (exact) mass is 384 g/mol. The molecule has 7 heteroatoms. The number of piperidine rings is 2. The first kappa shape index (κ1) is 16.7. The van der Waals surface area contributed by atoms with Gasteiger partial charge in [-0.1, -0.05) is 11.6 Å². The van der Waals surface area contributed by atoms with Gasteiger partial charge in [0.15, 0.2) is 5.72 Å². The van der Waals surface area contributed by atoms with Crippen LogP contribution >= 0.6 is 0 Å². The van der Waals surface area contributed by atoms with Crippen LogP contribution in [0.15, 0.2) is 23.8 Å². The summed E-state index contributed by atoms with van der Waals surface area (Å²) in [4.78, 5) is 15.2. The molecular weight excluding hydrogens is 360 g/mol. The van der Waals surface area contributed by atoms with Crippen LogP contribution in [-0.4, -0.2) is 54.7 Å². The summed E-state index contributed by atoms with van der Waals surface area (Å²) in [6.07, 6.45) is 3.51. The Morgan fingerprint density at radius 3 is 2.89 bits per heavy atom. The topological polar surface area (TPSA) is 80.3 Å². The van der Waals surface area contributed by atoms with Crippen LogP contribution in [0.3, 0.4) is 0 Å². The highest BCUT2D eigenvalue weighted by Crippen LogP contribution is 2.73. The number of anilines is 1. The zero-order valence-electron chi connectivity index (χ0n) is 16.2. The van der Waals surface area contributed by atoms with Gasteiger partial charge < -0.3 is 24.6 Å². The summed E-state index contributed by atoms with van der Waals surface area (Å²) >= 11 is 0. The Labute approximate surface area is 163 Å². The molecule has 4 aliphatic heterocycles. The van der Waals surface area contributed by atoms with Gasteiger partial charge in [-0.25, -0.2) is 0 Å². The summed E-state index contributed by atoms with van der Waals surface area (Å²) in [5.41, 5.74) is 1.67. The molecule has 0 amide bonds. The van der Waals surface area contributed by atoms with Crippen LogP contribution in [0.25, 0.3) is 0 Å². The fourth-order valence-corrected chi connectivity index (χ4v) is 6.99. The lowest BCUT2D eigenvalue weighted by atomic mass is 9.49. The van der Waals surface area contributed by atoms with Crippen molar-refractivity contribution in [1.82, 2.24) is 4.90 Å². The molecule has 2 N–H and O–H groups in total. The second-order valence-corrected chi connectivity index (χ2v) is 8.57. The molecule has 0 aromatic heterocycles. The Bertz CT molecular complexity index is 945. The first-order valence-corrected chi connectivity index (χ1v) is 9.87. The molecule has 148 valence electrons. The van der Waals surface area contributed by atoms with Crippen molar-refractivity contribution < 1.29 is 24.1 Å². The van der Waals surface area contributed by atoms with Gasteiger partial charge >= 0.3 is 5.97 Å². The summed E-state index contributed by atoms with van der Waals surface area (Å²) in [6, 6.07) is 3.98. The summed E-state index contributed by atoms with van der Waals surface area (Å²) in [7, 11) is 3.25. The van der Waals surface area contributed by atoms with E-state index in [4.69, 9.17) is 14.2 Å². The van der Waals surface area contributed by atoms with E-state index in [2.05, 4.69) is 16.3 Å². The Kier molecular flexibility index (Phi) is 2.99. The lowest BCUT2D eigenvalue weighted by molar-refractivity contribution is -0.157. The number of hydrogen-bond acceptors (Lipinski definition) is 6. The maximum Gasteiger partial charge on any atom is 0.308 e. The number of carbonyl (C=O) groups is 1. The zero-order valence-corrected chi connectivity index (χ0v) is 16.2. The highest BCUT2D eigenvalue weighted by Gasteiger charge is 2.82. The fraction of sp³-hybridized carbons (Fsp3) is 0.571. The molecule has 3 saturated heterocycles. The number of nitrogens with zero attached hydrogens (tertiary/aromatic N) is 1. The average molecular weight is 384 g/mol. The molecule has 0 radical (unpaired) electrons. The SMILES string of the molecule is CC=C1CN2C3CC45c6cc(OC)cc(OC)c6NC4(O3)C2CC1C5C(=O)O. The number of benzene rings is 1. The molecule has 6 rings (SSSR count). The van der Waals surface area contributed by atoms with Gasteiger partial charge in [-0.3, -0.25) is 9.69 Å². The van der Waals surface area contributed by atoms with Crippen molar-refractivity contribution >= 4 is 11.7 Å². The minimum atomic E-state index is -0.747. The second kappa shape index (κ2) is 5.02. The lowest BCUT2D eigenvalue weighted by Gasteiger charge is -2.59. The number of hydrogen-bond donors (Lipinski definition) is 2. The largest absolute Gasteiger partial charge is 0.497 e. The van der Waals surface area contributed by atoms with Crippen molar-refractivity contribution in [3.8, 4) is 11.5 Å². The van der Waals surface area contributed by atoms with E-state index < -0.39 is 23.0 Å². The maximum atomic E-state index is 12.7. The van der Waals surface area contributed by atoms with Gasteiger partial charge in [-0.15, -0.1) is 0 Å². The molecule has 7 nitrogen and oxygen atoms in total. The van der Waals surface area contributed by atoms with Gasteiger partial charge in [0.1, 0.15) is 17.7 Å². The molecule has 4 bridgehead atoms. The number of aliphatic carboxylic acids is 1. The molecule has 1 aliphatic carbocycles. The summed E-state index contributed by atoms with van der Waals surface area (Å²) < 4.78 is 17.8. The van der Waals surface area contributed by atoms with Crippen LogP contribution < -0.4 is 14.8 Å². The van der Waals surface area contributed by atoms with Gasteiger partial charge in [-0.05, 0) is 30.9 Å². The molecule has 4 fully saturated rings. The van der Waals surface area contributed by atoms with Crippen LogP contribution in [-0.2, 0) is 14.9 Å². The first-order valence-electron chi connectivity index (χ1n) is 9.87.